The first-order valence-corrected chi connectivity index (χ1v) is 11.3. The van der Waals surface area contributed by atoms with E-state index in [-0.39, 0.29) is 18.2 Å². The molecule has 3 heterocycles. The zero-order valence-corrected chi connectivity index (χ0v) is 20.4. The summed E-state index contributed by atoms with van der Waals surface area (Å²) >= 11 is 0. The maximum Gasteiger partial charge on any atom is 0.339 e. The second-order valence-electron chi connectivity index (χ2n) is 8.51. The highest BCUT2D eigenvalue weighted by Crippen LogP contribution is 2.30. The molecule has 0 atom stereocenters. The van der Waals surface area contributed by atoms with Gasteiger partial charge in [0.15, 0.2) is 12.3 Å². The molecule has 9 heteroatoms. The molecule has 0 aliphatic carbocycles. The van der Waals surface area contributed by atoms with Crippen molar-refractivity contribution in [3.8, 4) is 17.0 Å². The summed E-state index contributed by atoms with van der Waals surface area (Å²) in [4.78, 5) is 30.2. The third kappa shape index (κ3) is 5.18. The van der Waals surface area contributed by atoms with Crippen LogP contribution in [0.5, 0.6) is 5.75 Å². The van der Waals surface area contributed by atoms with Crippen LogP contribution in [0, 0.1) is 13.8 Å². The largest absolute Gasteiger partial charge is 0.497 e. The number of hydrogen-bond donors (Lipinski definition) is 1. The van der Waals surface area contributed by atoms with Crippen LogP contribution in [0.15, 0.2) is 47.0 Å². The van der Waals surface area contributed by atoms with Crippen LogP contribution in [0.25, 0.3) is 22.3 Å². The Morgan fingerprint density at radius 3 is 2.66 bits per heavy atom. The van der Waals surface area contributed by atoms with Gasteiger partial charge in [0.25, 0.3) is 5.91 Å². The Morgan fingerprint density at radius 2 is 1.97 bits per heavy atom. The fourth-order valence-corrected chi connectivity index (χ4v) is 3.83. The maximum atomic E-state index is 13.1. The van der Waals surface area contributed by atoms with Crippen LogP contribution >= 0.6 is 0 Å². The molecule has 0 aliphatic rings. The molecule has 35 heavy (non-hydrogen) atoms. The Morgan fingerprint density at radius 1 is 1.17 bits per heavy atom. The molecule has 1 N–H and O–H groups in total. The molecule has 1 aromatic carbocycles. The Hall–Kier alpha value is -4.14. The molecule has 4 rings (SSSR count). The summed E-state index contributed by atoms with van der Waals surface area (Å²) < 4.78 is 18.0. The number of aromatic nitrogens is 3. The molecule has 0 radical (unpaired) electrons. The molecule has 0 unspecified atom stereocenters. The summed E-state index contributed by atoms with van der Waals surface area (Å²) in [5.74, 6) is 1.10. The Balaban J connectivity index is 1.54. The lowest BCUT2D eigenvalue weighted by Crippen LogP contribution is -2.28. The average Bonchev–Trinajstić information content (AvgIpc) is 3.43. The maximum absolute atomic E-state index is 13.1. The highest BCUT2D eigenvalue weighted by atomic mass is 16.5. The number of ether oxygens (including phenoxy) is 2. The van der Waals surface area contributed by atoms with Crippen LogP contribution in [-0.2, 0) is 16.1 Å². The number of fused-ring (bicyclic) bond motifs is 1. The van der Waals surface area contributed by atoms with E-state index in [1.807, 2.05) is 58.0 Å². The number of esters is 1. The third-order valence-electron chi connectivity index (χ3n) is 5.55. The van der Waals surface area contributed by atoms with Gasteiger partial charge in [-0.25, -0.2) is 14.5 Å². The summed E-state index contributed by atoms with van der Waals surface area (Å²) in [5, 5.41) is 7.71. The van der Waals surface area contributed by atoms with E-state index in [1.165, 1.54) is 0 Å². The molecule has 0 saturated carbocycles. The normalized spacial score (nSPS) is 11.1. The third-order valence-corrected chi connectivity index (χ3v) is 5.55. The second-order valence-corrected chi connectivity index (χ2v) is 8.51. The van der Waals surface area contributed by atoms with E-state index in [2.05, 4.69) is 10.4 Å². The number of nitrogens with zero attached hydrogens (tertiary/aromatic N) is 3. The number of benzene rings is 1. The summed E-state index contributed by atoms with van der Waals surface area (Å²) in [6.45, 7) is 7.55. The Kier molecular flexibility index (Phi) is 6.86. The van der Waals surface area contributed by atoms with Crippen LogP contribution in [0.2, 0.25) is 0 Å². The molecule has 3 aromatic heterocycles. The van der Waals surface area contributed by atoms with Crippen LogP contribution in [0.3, 0.4) is 0 Å². The molecule has 4 aromatic rings. The van der Waals surface area contributed by atoms with Gasteiger partial charge in [-0.05, 0) is 57.5 Å². The predicted molar refractivity (Wildman–Crippen MR) is 130 cm³/mol. The van der Waals surface area contributed by atoms with E-state index in [9.17, 15) is 9.59 Å². The molecular weight excluding hydrogens is 448 g/mol. The summed E-state index contributed by atoms with van der Waals surface area (Å²) in [5.41, 5.74) is 3.08. The average molecular weight is 477 g/mol. The number of aryl methyl sites for hydroxylation is 2. The van der Waals surface area contributed by atoms with Gasteiger partial charge in [0, 0.05) is 18.2 Å². The molecule has 1 amide bonds. The Bertz CT molecular complexity index is 1390. The van der Waals surface area contributed by atoms with Gasteiger partial charge in [-0.2, -0.15) is 5.10 Å². The minimum atomic E-state index is -0.628. The number of furan rings is 1. The molecule has 0 fully saturated rings. The van der Waals surface area contributed by atoms with Crippen LogP contribution in [-0.4, -0.2) is 40.4 Å². The number of carbonyl (C=O) groups excluding carboxylic acids is 2. The fraction of sp³-hybridized carbons (Fsp3) is 0.308. The lowest BCUT2D eigenvalue weighted by Gasteiger charge is -2.11. The standard InChI is InChI=1S/C26H28N4O5/c1-15(2)30-25-22(13-28-30)21(11-23(29-25)20-9-16(3)35-17(20)4)26(32)34-14-24(31)27-12-18-7-6-8-19(10-18)33-5/h6-11,13,15H,12,14H2,1-5H3,(H,27,31). The van der Waals surface area contributed by atoms with Crippen molar-refractivity contribution >= 4 is 22.9 Å². The minimum Gasteiger partial charge on any atom is -0.497 e. The predicted octanol–water partition coefficient (Wildman–Crippen LogP) is 4.37. The van der Waals surface area contributed by atoms with Gasteiger partial charge in [-0.15, -0.1) is 0 Å². The quantitative estimate of drug-likeness (QED) is 0.376. The van der Waals surface area contributed by atoms with Crippen molar-refractivity contribution < 1.29 is 23.5 Å². The molecular formula is C26H28N4O5. The molecule has 0 aliphatic heterocycles. The number of carbonyl (C=O) groups is 2. The first-order valence-electron chi connectivity index (χ1n) is 11.3. The molecule has 0 spiro atoms. The summed E-state index contributed by atoms with van der Waals surface area (Å²) in [7, 11) is 1.58. The Labute approximate surface area is 203 Å². The topological polar surface area (TPSA) is 108 Å². The van der Waals surface area contributed by atoms with Crippen molar-refractivity contribution in [2.24, 2.45) is 0 Å². The molecule has 0 bridgehead atoms. The van der Waals surface area contributed by atoms with Crippen molar-refractivity contribution in [2.45, 2.75) is 40.3 Å². The number of nitrogens with one attached hydrogen (secondary N) is 1. The molecule has 9 nitrogen and oxygen atoms in total. The second kappa shape index (κ2) is 10.0. The van der Waals surface area contributed by atoms with Crippen molar-refractivity contribution in [2.75, 3.05) is 13.7 Å². The highest BCUT2D eigenvalue weighted by molar-refractivity contribution is 6.04. The van der Waals surface area contributed by atoms with Crippen LogP contribution < -0.4 is 10.1 Å². The number of amides is 1. The number of hydrogen-bond acceptors (Lipinski definition) is 7. The first kappa shape index (κ1) is 24.0. The fourth-order valence-electron chi connectivity index (χ4n) is 3.83. The zero-order valence-electron chi connectivity index (χ0n) is 20.4. The number of methoxy groups -OCH3 is 1. The van der Waals surface area contributed by atoms with E-state index in [0.717, 1.165) is 16.9 Å². The van der Waals surface area contributed by atoms with Gasteiger partial charge >= 0.3 is 5.97 Å². The molecule has 182 valence electrons. The SMILES string of the molecule is COc1cccc(CNC(=O)COC(=O)c2cc(-c3cc(C)oc3C)nc3c2cnn3C(C)C)c1. The zero-order chi connectivity index (χ0) is 25.1. The van der Waals surface area contributed by atoms with E-state index in [1.54, 1.807) is 24.1 Å². The highest BCUT2D eigenvalue weighted by Gasteiger charge is 2.21. The van der Waals surface area contributed by atoms with Gasteiger partial charge in [-0.3, -0.25) is 4.79 Å². The van der Waals surface area contributed by atoms with Crippen molar-refractivity contribution in [3.63, 3.8) is 0 Å². The summed E-state index contributed by atoms with van der Waals surface area (Å²) in [6.07, 6.45) is 1.60. The van der Waals surface area contributed by atoms with Gasteiger partial charge < -0.3 is 19.2 Å². The smallest absolute Gasteiger partial charge is 0.339 e. The molecule has 0 saturated heterocycles. The minimum absolute atomic E-state index is 0.0358. The van der Waals surface area contributed by atoms with Gasteiger partial charge in [0.2, 0.25) is 0 Å². The van der Waals surface area contributed by atoms with Gasteiger partial charge in [0.05, 0.1) is 30.0 Å². The van der Waals surface area contributed by atoms with E-state index >= 15 is 0 Å². The monoisotopic (exact) mass is 476 g/mol. The van der Waals surface area contributed by atoms with Gasteiger partial charge in [-0.1, -0.05) is 12.1 Å². The lowest BCUT2D eigenvalue weighted by atomic mass is 10.1. The van der Waals surface area contributed by atoms with Crippen LogP contribution in [0.4, 0.5) is 0 Å². The van der Waals surface area contributed by atoms with Crippen molar-refractivity contribution in [3.05, 3.63) is 65.2 Å². The first-order chi connectivity index (χ1) is 16.8. The lowest BCUT2D eigenvalue weighted by molar-refractivity contribution is -0.124. The van der Waals surface area contributed by atoms with Crippen molar-refractivity contribution in [1.82, 2.24) is 20.1 Å². The van der Waals surface area contributed by atoms with E-state index in [0.29, 0.717) is 28.2 Å². The number of rotatable bonds is 8. The number of pyridine rings is 1. The summed E-state index contributed by atoms with van der Waals surface area (Å²) in [6, 6.07) is 10.9. The van der Waals surface area contributed by atoms with Crippen molar-refractivity contribution in [1.29, 1.82) is 0 Å². The van der Waals surface area contributed by atoms with E-state index < -0.39 is 18.5 Å². The van der Waals surface area contributed by atoms with E-state index in [4.69, 9.17) is 18.9 Å². The van der Waals surface area contributed by atoms with Gasteiger partial charge in [0.1, 0.15) is 17.3 Å². The van der Waals surface area contributed by atoms with Crippen LogP contribution in [0.1, 0.15) is 47.3 Å².